The van der Waals surface area contributed by atoms with Crippen LogP contribution in [-0.2, 0) is 4.79 Å². The van der Waals surface area contributed by atoms with E-state index in [1.165, 1.54) is 0 Å². The average Bonchev–Trinajstić information content (AvgIpc) is 2.57. The highest BCUT2D eigenvalue weighted by Crippen LogP contribution is 2.22. The standard InChI is InChI=1S/C18H24N2O3/c21-12-4-10-20(11-5-13-22)14-18(23)19-17-9-3-7-15-6-1-2-8-16(15)17/h1-3,6-9,21-22H,4-5,10-14H2,(H,19,23). The second-order valence-corrected chi connectivity index (χ2v) is 5.51. The minimum Gasteiger partial charge on any atom is -0.396 e. The summed E-state index contributed by atoms with van der Waals surface area (Å²) in [6.07, 6.45) is 1.24. The Morgan fingerprint density at radius 2 is 1.61 bits per heavy atom. The van der Waals surface area contributed by atoms with E-state index in [0.717, 1.165) is 16.5 Å². The molecule has 0 fully saturated rings. The van der Waals surface area contributed by atoms with Crippen molar-refractivity contribution in [2.45, 2.75) is 12.8 Å². The summed E-state index contributed by atoms with van der Waals surface area (Å²) in [5.41, 5.74) is 0.803. The van der Waals surface area contributed by atoms with Crippen LogP contribution in [0.5, 0.6) is 0 Å². The SMILES string of the molecule is O=C(CN(CCCO)CCCO)Nc1cccc2ccccc12. The van der Waals surface area contributed by atoms with Gasteiger partial charge >= 0.3 is 0 Å². The molecule has 0 saturated carbocycles. The van der Waals surface area contributed by atoms with Crippen LogP contribution in [0.15, 0.2) is 42.5 Å². The van der Waals surface area contributed by atoms with Crippen molar-refractivity contribution < 1.29 is 15.0 Å². The molecule has 0 aliphatic heterocycles. The van der Waals surface area contributed by atoms with Gasteiger partial charge in [0, 0.05) is 37.4 Å². The Kier molecular flexibility index (Phi) is 7.00. The van der Waals surface area contributed by atoms with Crippen molar-refractivity contribution in [2.75, 3.05) is 38.2 Å². The molecule has 2 aromatic carbocycles. The third kappa shape index (κ3) is 5.32. The molecule has 0 saturated heterocycles. The quantitative estimate of drug-likeness (QED) is 0.660. The summed E-state index contributed by atoms with van der Waals surface area (Å²) in [4.78, 5) is 14.3. The number of fused-ring (bicyclic) bond motifs is 1. The molecule has 0 aliphatic rings. The number of hydrogen-bond donors (Lipinski definition) is 3. The lowest BCUT2D eigenvalue weighted by Crippen LogP contribution is -2.35. The fourth-order valence-electron chi connectivity index (χ4n) is 2.59. The molecule has 2 aromatic rings. The minimum absolute atomic E-state index is 0.0859. The largest absolute Gasteiger partial charge is 0.396 e. The molecule has 0 radical (unpaired) electrons. The van der Waals surface area contributed by atoms with Crippen molar-refractivity contribution in [2.24, 2.45) is 0 Å². The molecule has 0 aromatic heterocycles. The van der Waals surface area contributed by atoms with Gasteiger partial charge in [0.25, 0.3) is 0 Å². The number of benzene rings is 2. The van der Waals surface area contributed by atoms with Crippen molar-refractivity contribution >= 4 is 22.4 Å². The Hall–Kier alpha value is -1.95. The van der Waals surface area contributed by atoms with Crippen molar-refractivity contribution in [3.8, 4) is 0 Å². The highest BCUT2D eigenvalue weighted by atomic mass is 16.3. The van der Waals surface area contributed by atoms with Crippen LogP contribution in [0.1, 0.15) is 12.8 Å². The number of anilines is 1. The van der Waals surface area contributed by atoms with Crippen molar-refractivity contribution in [3.05, 3.63) is 42.5 Å². The number of hydrogen-bond acceptors (Lipinski definition) is 4. The number of amides is 1. The molecule has 0 aliphatic carbocycles. The number of rotatable bonds is 9. The average molecular weight is 316 g/mol. The number of carbonyl (C=O) groups is 1. The Morgan fingerprint density at radius 3 is 2.30 bits per heavy atom. The zero-order chi connectivity index (χ0) is 16.5. The van der Waals surface area contributed by atoms with Crippen LogP contribution in [0.2, 0.25) is 0 Å². The molecular weight excluding hydrogens is 292 g/mol. The zero-order valence-electron chi connectivity index (χ0n) is 13.2. The van der Waals surface area contributed by atoms with Gasteiger partial charge in [0.05, 0.1) is 6.54 Å². The summed E-state index contributed by atoms with van der Waals surface area (Å²) < 4.78 is 0. The van der Waals surface area contributed by atoms with Gasteiger partial charge in [0.15, 0.2) is 0 Å². The predicted octanol–water partition coefficient (Wildman–Crippen LogP) is 1.85. The first-order chi connectivity index (χ1) is 11.2. The van der Waals surface area contributed by atoms with Crippen LogP contribution in [0.4, 0.5) is 5.69 Å². The maximum atomic E-state index is 12.3. The van der Waals surface area contributed by atoms with E-state index >= 15 is 0 Å². The molecule has 23 heavy (non-hydrogen) atoms. The molecule has 5 heteroatoms. The summed E-state index contributed by atoms with van der Waals surface area (Å²) >= 11 is 0. The molecule has 3 N–H and O–H groups in total. The molecular formula is C18H24N2O3. The third-order valence-electron chi connectivity index (χ3n) is 3.70. The van der Waals surface area contributed by atoms with Crippen LogP contribution < -0.4 is 5.32 Å². The van der Waals surface area contributed by atoms with E-state index in [9.17, 15) is 4.79 Å². The number of carbonyl (C=O) groups excluding carboxylic acids is 1. The molecule has 5 nitrogen and oxygen atoms in total. The topological polar surface area (TPSA) is 72.8 Å². The lowest BCUT2D eigenvalue weighted by molar-refractivity contribution is -0.117. The molecule has 0 unspecified atom stereocenters. The lowest BCUT2D eigenvalue weighted by atomic mass is 10.1. The van der Waals surface area contributed by atoms with Crippen molar-refractivity contribution in [1.29, 1.82) is 0 Å². The molecule has 1 amide bonds. The molecule has 0 bridgehead atoms. The summed E-state index contributed by atoms with van der Waals surface area (Å²) in [5, 5.41) is 23.0. The fourth-order valence-corrected chi connectivity index (χ4v) is 2.59. The number of aliphatic hydroxyl groups is 2. The normalized spacial score (nSPS) is 11.1. The number of aliphatic hydroxyl groups excluding tert-OH is 2. The van der Waals surface area contributed by atoms with Gasteiger partial charge in [0.1, 0.15) is 0 Å². The first-order valence-electron chi connectivity index (χ1n) is 7.96. The summed E-state index contributed by atoms with van der Waals surface area (Å²) in [6, 6.07) is 13.8. The van der Waals surface area contributed by atoms with Crippen LogP contribution in [0.3, 0.4) is 0 Å². The van der Waals surface area contributed by atoms with E-state index in [0.29, 0.717) is 25.9 Å². The Morgan fingerprint density at radius 1 is 0.957 bits per heavy atom. The maximum Gasteiger partial charge on any atom is 0.238 e. The van der Waals surface area contributed by atoms with Crippen LogP contribution in [-0.4, -0.2) is 53.9 Å². The lowest BCUT2D eigenvalue weighted by Gasteiger charge is -2.21. The molecule has 2 rings (SSSR count). The summed E-state index contributed by atoms with van der Waals surface area (Å²) in [6.45, 7) is 1.73. The van der Waals surface area contributed by atoms with Crippen LogP contribution in [0.25, 0.3) is 10.8 Å². The second-order valence-electron chi connectivity index (χ2n) is 5.51. The first kappa shape index (κ1) is 17.4. The van der Waals surface area contributed by atoms with E-state index in [1.807, 2.05) is 47.4 Å². The van der Waals surface area contributed by atoms with Gasteiger partial charge in [-0.3, -0.25) is 9.69 Å². The van der Waals surface area contributed by atoms with Crippen molar-refractivity contribution in [1.82, 2.24) is 4.90 Å². The van der Waals surface area contributed by atoms with Crippen LogP contribution >= 0.6 is 0 Å². The molecule has 0 atom stereocenters. The number of nitrogens with zero attached hydrogens (tertiary/aromatic N) is 1. The second kappa shape index (κ2) is 9.25. The van der Waals surface area contributed by atoms with Gasteiger partial charge in [-0.25, -0.2) is 0 Å². The molecule has 0 spiro atoms. The highest BCUT2D eigenvalue weighted by Gasteiger charge is 2.11. The number of nitrogens with one attached hydrogen (secondary N) is 1. The van der Waals surface area contributed by atoms with E-state index in [1.54, 1.807) is 0 Å². The summed E-state index contributed by atoms with van der Waals surface area (Å²) in [5.74, 6) is -0.0859. The third-order valence-corrected chi connectivity index (χ3v) is 3.70. The Labute approximate surface area is 136 Å². The molecule has 124 valence electrons. The fraction of sp³-hybridized carbons (Fsp3) is 0.389. The molecule has 0 heterocycles. The van der Waals surface area contributed by atoms with Gasteiger partial charge < -0.3 is 15.5 Å². The van der Waals surface area contributed by atoms with E-state index in [4.69, 9.17) is 10.2 Å². The van der Waals surface area contributed by atoms with Gasteiger partial charge in [0.2, 0.25) is 5.91 Å². The van der Waals surface area contributed by atoms with Gasteiger partial charge in [-0.2, -0.15) is 0 Å². The first-order valence-corrected chi connectivity index (χ1v) is 7.96. The van der Waals surface area contributed by atoms with E-state index in [-0.39, 0.29) is 25.7 Å². The van der Waals surface area contributed by atoms with Crippen LogP contribution in [0, 0.1) is 0 Å². The monoisotopic (exact) mass is 316 g/mol. The summed E-state index contributed by atoms with van der Waals surface area (Å²) in [7, 11) is 0. The minimum atomic E-state index is -0.0859. The smallest absolute Gasteiger partial charge is 0.238 e. The Balaban J connectivity index is 2.01. The highest BCUT2D eigenvalue weighted by molar-refractivity contribution is 6.02. The predicted molar refractivity (Wildman–Crippen MR) is 92.4 cm³/mol. The van der Waals surface area contributed by atoms with E-state index in [2.05, 4.69) is 5.32 Å². The maximum absolute atomic E-state index is 12.3. The van der Waals surface area contributed by atoms with Crippen molar-refractivity contribution in [3.63, 3.8) is 0 Å². The van der Waals surface area contributed by atoms with E-state index < -0.39 is 0 Å². The zero-order valence-corrected chi connectivity index (χ0v) is 13.2. The van der Waals surface area contributed by atoms with Gasteiger partial charge in [-0.05, 0) is 24.3 Å². The van der Waals surface area contributed by atoms with Gasteiger partial charge in [-0.15, -0.1) is 0 Å². The van der Waals surface area contributed by atoms with Gasteiger partial charge in [-0.1, -0.05) is 36.4 Å². The Bertz CT molecular complexity index is 617.